The SMILES string of the molecule is CCC1CN(CCC(O)c2cccc(Br)c2)CCS1. The zero-order valence-corrected chi connectivity index (χ0v) is 13.8. The molecule has 1 saturated heterocycles. The van der Waals surface area contributed by atoms with Crippen molar-refractivity contribution < 1.29 is 5.11 Å². The van der Waals surface area contributed by atoms with Crippen LogP contribution in [0.4, 0.5) is 0 Å². The molecule has 1 aliphatic rings. The van der Waals surface area contributed by atoms with E-state index in [0.29, 0.717) is 0 Å². The molecular formula is C15H22BrNOS. The van der Waals surface area contributed by atoms with E-state index in [2.05, 4.69) is 39.5 Å². The third-order valence-corrected chi connectivity index (χ3v) is 5.50. The van der Waals surface area contributed by atoms with E-state index >= 15 is 0 Å². The van der Waals surface area contributed by atoms with Gasteiger partial charge in [0.2, 0.25) is 0 Å². The summed E-state index contributed by atoms with van der Waals surface area (Å²) < 4.78 is 1.03. The lowest BCUT2D eigenvalue weighted by Crippen LogP contribution is -2.38. The summed E-state index contributed by atoms with van der Waals surface area (Å²) in [6, 6.07) is 7.97. The van der Waals surface area contributed by atoms with Gasteiger partial charge < -0.3 is 10.0 Å². The molecule has 0 saturated carbocycles. The fourth-order valence-corrected chi connectivity index (χ4v) is 4.08. The molecule has 1 heterocycles. The van der Waals surface area contributed by atoms with Crippen molar-refractivity contribution in [3.8, 4) is 0 Å². The average Bonchev–Trinajstić information content (AvgIpc) is 2.45. The average molecular weight is 344 g/mol. The smallest absolute Gasteiger partial charge is 0.0802 e. The molecule has 1 aromatic rings. The lowest BCUT2D eigenvalue weighted by molar-refractivity contribution is 0.142. The summed E-state index contributed by atoms with van der Waals surface area (Å²) in [4.78, 5) is 2.49. The van der Waals surface area contributed by atoms with E-state index in [9.17, 15) is 5.11 Å². The fraction of sp³-hybridized carbons (Fsp3) is 0.600. The van der Waals surface area contributed by atoms with E-state index in [1.807, 2.05) is 24.3 Å². The Morgan fingerprint density at radius 1 is 1.53 bits per heavy atom. The molecule has 1 aliphatic heterocycles. The zero-order chi connectivity index (χ0) is 13.7. The summed E-state index contributed by atoms with van der Waals surface area (Å²) in [6.07, 6.45) is 1.71. The minimum absolute atomic E-state index is 0.354. The van der Waals surface area contributed by atoms with Gasteiger partial charge in [-0.15, -0.1) is 0 Å². The lowest BCUT2D eigenvalue weighted by Gasteiger charge is -2.32. The first-order chi connectivity index (χ1) is 9.19. The number of thioether (sulfide) groups is 1. The summed E-state index contributed by atoms with van der Waals surface area (Å²) >= 11 is 5.54. The second kappa shape index (κ2) is 7.67. The summed E-state index contributed by atoms with van der Waals surface area (Å²) in [7, 11) is 0. The van der Waals surface area contributed by atoms with Gasteiger partial charge in [0.15, 0.2) is 0 Å². The van der Waals surface area contributed by atoms with Crippen LogP contribution in [-0.4, -0.2) is 40.6 Å². The number of hydrogen-bond acceptors (Lipinski definition) is 3. The molecular weight excluding hydrogens is 322 g/mol. The van der Waals surface area contributed by atoms with Gasteiger partial charge in [-0.2, -0.15) is 11.8 Å². The van der Waals surface area contributed by atoms with Gasteiger partial charge >= 0.3 is 0 Å². The van der Waals surface area contributed by atoms with Crippen molar-refractivity contribution in [2.24, 2.45) is 0 Å². The van der Waals surface area contributed by atoms with Crippen LogP contribution in [0.25, 0.3) is 0 Å². The Balaban J connectivity index is 1.81. The van der Waals surface area contributed by atoms with Crippen LogP contribution in [0, 0.1) is 0 Å². The molecule has 1 fully saturated rings. The number of rotatable bonds is 5. The topological polar surface area (TPSA) is 23.5 Å². The van der Waals surface area contributed by atoms with Crippen LogP contribution in [-0.2, 0) is 0 Å². The monoisotopic (exact) mass is 343 g/mol. The van der Waals surface area contributed by atoms with Gasteiger partial charge in [-0.05, 0) is 30.5 Å². The summed E-state index contributed by atoms with van der Waals surface area (Å²) in [5.74, 6) is 1.23. The molecule has 0 bridgehead atoms. The van der Waals surface area contributed by atoms with Crippen molar-refractivity contribution in [3.05, 3.63) is 34.3 Å². The predicted molar refractivity (Wildman–Crippen MR) is 86.7 cm³/mol. The van der Waals surface area contributed by atoms with Crippen molar-refractivity contribution >= 4 is 27.7 Å². The van der Waals surface area contributed by atoms with Gasteiger partial charge in [0.25, 0.3) is 0 Å². The second-order valence-electron chi connectivity index (χ2n) is 5.06. The molecule has 0 radical (unpaired) electrons. The quantitative estimate of drug-likeness (QED) is 0.881. The molecule has 106 valence electrons. The first-order valence-electron chi connectivity index (χ1n) is 6.96. The molecule has 0 amide bonds. The molecule has 0 spiro atoms. The van der Waals surface area contributed by atoms with Crippen molar-refractivity contribution in [1.29, 1.82) is 0 Å². The maximum atomic E-state index is 10.2. The molecule has 1 aromatic carbocycles. The fourth-order valence-electron chi connectivity index (χ4n) is 2.42. The van der Waals surface area contributed by atoms with Crippen LogP contribution in [0.2, 0.25) is 0 Å². The second-order valence-corrected chi connectivity index (χ2v) is 7.39. The molecule has 2 unspecified atom stereocenters. The van der Waals surface area contributed by atoms with E-state index in [-0.39, 0.29) is 6.10 Å². The van der Waals surface area contributed by atoms with Gasteiger partial charge in [-0.3, -0.25) is 0 Å². The number of aliphatic hydroxyl groups excluding tert-OH is 1. The third-order valence-electron chi connectivity index (χ3n) is 3.63. The highest BCUT2D eigenvalue weighted by molar-refractivity contribution is 9.10. The van der Waals surface area contributed by atoms with Crippen LogP contribution in [0.1, 0.15) is 31.4 Å². The van der Waals surface area contributed by atoms with E-state index in [1.54, 1.807) is 0 Å². The third kappa shape index (κ3) is 4.78. The molecule has 4 heteroatoms. The maximum Gasteiger partial charge on any atom is 0.0802 e. The number of benzene rings is 1. The van der Waals surface area contributed by atoms with Crippen molar-refractivity contribution in [2.45, 2.75) is 31.1 Å². The van der Waals surface area contributed by atoms with Gasteiger partial charge in [0, 0.05) is 35.1 Å². The minimum atomic E-state index is -0.354. The van der Waals surface area contributed by atoms with Crippen molar-refractivity contribution in [3.63, 3.8) is 0 Å². The largest absolute Gasteiger partial charge is 0.388 e. The van der Waals surface area contributed by atoms with Crippen LogP contribution < -0.4 is 0 Å². The van der Waals surface area contributed by atoms with Crippen LogP contribution in [0.3, 0.4) is 0 Å². The highest BCUT2D eigenvalue weighted by atomic mass is 79.9. The van der Waals surface area contributed by atoms with Gasteiger partial charge in [0.1, 0.15) is 0 Å². The predicted octanol–water partition coefficient (Wildman–Crippen LogP) is 3.70. The van der Waals surface area contributed by atoms with Gasteiger partial charge in [0.05, 0.1) is 6.10 Å². The molecule has 2 atom stereocenters. The Kier molecular flexibility index (Phi) is 6.20. The summed E-state index contributed by atoms with van der Waals surface area (Å²) in [6.45, 7) is 5.58. The van der Waals surface area contributed by atoms with E-state index in [0.717, 1.165) is 34.8 Å². The van der Waals surface area contributed by atoms with Crippen LogP contribution in [0.5, 0.6) is 0 Å². The number of halogens is 1. The highest BCUT2D eigenvalue weighted by Gasteiger charge is 2.19. The van der Waals surface area contributed by atoms with E-state index in [1.165, 1.54) is 18.7 Å². The van der Waals surface area contributed by atoms with Gasteiger partial charge in [-0.1, -0.05) is 35.0 Å². The highest BCUT2D eigenvalue weighted by Crippen LogP contribution is 2.24. The molecule has 1 N–H and O–H groups in total. The Bertz CT molecular complexity index is 401. The van der Waals surface area contributed by atoms with E-state index in [4.69, 9.17) is 0 Å². The first kappa shape index (κ1) is 15.4. The standard InChI is InChI=1S/C15H22BrNOS/c1-2-14-11-17(8-9-19-14)7-6-15(18)12-4-3-5-13(16)10-12/h3-5,10,14-15,18H,2,6-9,11H2,1H3. The van der Waals surface area contributed by atoms with Crippen LogP contribution in [0.15, 0.2) is 28.7 Å². The summed E-state index contributed by atoms with van der Waals surface area (Å²) in [5, 5.41) is 11.0. The Hall–Kier alpha value is -0.0300. The van der Waals surface area contributed by atoms with Crippen molar-refractivity contribution in [1.82, 2.24) is 4.90 Å². The molecule has 2 nitrogen and oxygen atoms in total. The Morgan fingerprint density at radius 3 is 3.11 bits per heavy atom. The van der Waals surface area contributed by atoms with Crippen molar-refractivity contribution in [2.75, 3.05) is 25.4 Å². The van der Waals surface area contributed by atoms with Crippen LogP contribution >= 0.6 is 27.7 Å². The van der Waals surface area contributed by atoms with Gasteiger partial charge in [-0.25, -0.2) is 0 Å². The molecule has 19 heavy (non-hydrogen) atoms. The Labute approximate surface area is 128 Å². The molecule has 0 aromatic heterocycles. The Morgan fingerprint density at radius 2 is 2.37 bits per heavy atom. The normalized spacial score (nSPS) is 22.4. The summed E-state index contributed by atoms with van der Waals surface area (Å²) in [5.41, 5.74) is 1.01. The maximum absolute atomic E-state index is 10.2. The molecule has 2 rings (SSSR count). The number of nitrogens with zero attached hydrogens (tertiary/aromatic N) is 1. The lowest BCUT2D eigenvalue weighted by atomic mass is 10.1. The number of hydrogen-bond donors (Lipinski definition) is 1. The molecule has 0 aliphatic carbocycles. The number of aliphatic hydroxyl groups is 1. The first-order valence-corrected chi connectivity index (χ1v) is 8.80. The van der Waals surface area contributed by atoms with E-state index < -0.39 is 0 Å². The minimum Gasteiger partial charge on any atom is -0.388 e. The zero-order valence-electron chi connectivity index (χ0n) is 11.4.